The largest absolute Gasteiger partial charge is 0.380 e. The summed E-state index contributed by atoms with van der Waals surface area (Å²) in [6, 6.07) is 6.36. The van der Waals surface area contributed by atoms with Crippen LogP contribution in [0.4, 0.5) is 26.3 Å². The van der Waals surface area contributed by atoms with E-state index in [0.29, 0.717) is 11.1 Å². The number of rotatable bonds is 2. The van der Waals surface area contributed by atoms with Crippen LogP contribution in [0.15, 0.2) is 81.6 Å². The number of hydrogen-bond acceptors (Lipinski definition) is 6. The first-order valence-corrected chi connectivity index (χ1v) is 12.0. The highest BCUT2D eigenvalue weighted by Crippen LogP contribution is 2.72. The highest BCUT2D eigenvalue weighted by molar-refractivity contribution is 8.20. The van der Waals surface area contributed by atoms with Crippen molar-refractivity contribution in [3.05, 3.63) is 82.7 Å². The van der Waals surface area contributed by atoms with Crippen LogP contribution >= 0.6 is 23.5 Å². The average Bonchev–Trinajstić information content (AvgIpc) is 3.40. The van der Waals surface area contributed by atoms with E-state index >= 15 is 17.6 Å². The fourth-order valence-corrected chi connectivity index (χ4v) is 7.65. The van der Waals surface area contributed by atoms with Crippen LogP contribution in [0.1, 0.15) is 25.0 Å². The first-order valence-electron chi connectivity index (χ1n) is 10.4. The van der Waals surface area contributed by atoms with E-state index < -0.39 is 49.8 Å². The van der Waals surface area contributed by atoms with Crippen molar-refractivity contribution in [3.8, 4) is 0 Å². The second-order valence-corrected chi connectivity index (χ2v) is 11.6. The van der Waals surface area contributed by atoms with Gasteiger partial charge in [-0.3, -0.25) is 9.97 Å². The summed E-state index contributed by atoms with van der Waals surface area (Å²) in [4.78, 5) is 16.4. The molecule has 6 rings (SSSR count). The Hall–Kier alpha value is -2.60. The predicted molar refractivity (Wildman–Crippen MR) is 122 cm³/mol. The molecule has 0 spiro atoms. The van der Waals surface area contributed by atoms with Gasteiger partial charge in [-0.25, -0.2) is 9.98 Å². The van der Waals surface area contributed by atoms with Crippen molar-refractivity contribution in [2.75, 3.05) is 0 Å². The number of allylic oxidation sites excluding steroid dienone is 2. The molecule has 180 valence electrons. The van der Waals surface area contributed by atoms with Crippen LogP contribution in [0.2, 0.25) is 0 Å². The van der Waals surface area contributed by atoms with Crippen LogP contribution in [0.5, 0.6) is 0 Å². The van der Waals surface area contributed by atoms with Gasteiger partial charge in [0.25, 0.3) is 0 Å². The lowest BCUT2D eigenvalue weighted by Gasteiger charge is -2.44. The molecule has 0 radical (unpaired) electrons. The van der Waals surface area contributed by atoms with Crippen LogP contribution in [0.25, 0.3) is 0 Å². The minimum absolute atomic E-state index is 0.256. The number of halogens is 6. The molecule has 0 amide bonds. The van der Waals surface area contributed by atoms with Crippen LogP contribution in [0.3, 0.4) is 0 Å². The fourth-order valence-electron chi connectivity index (χ4n) is 4.78. The topological polar surface area (TPSA) is 50.5 Å². The van der Waals surface area contributed by atoms with Crippen molar-refractivity contribution in [2.45, 2.75) is 41.1 Å². The molecule has 2 aliphatic heterocycles. The van der Waals surface area contributed by atoms with Gasteiger partial charge in [-0.1, -0.05) is 23.5 Å². The van der Waals surface area contributed by atoms with E-state index in [1.54, 1.807) is 38.1 Å². The van der Waals surface area contributed by atoms with E-state index in [1.165, 1.54) is 24.8 Å². The van der Waals surface area contributed by atoms with Gasteiger partial charge in [-0.15, -0.1) is 0 Å². The molecule has 2 aromatic rings. The summed E-state index contributed by atoms with van der Waals surface area (Å²) < 4.78 is 87.5. The smallest absolute Gasteiger partial charge is 0.265 e. The van der Waals surface area contributed by atoms with E-state index in [2.05, 4.69) is 20.0 Å². The van der Waals surface area contributed by atoms with Gasteiger partial charge < -0.3 is 0 Å². The van der Waals surface area contributed by atoms with Crippen molar-refractivity contribution >= 4 is 33.6 Å². The number of hydrogen-bond donors (Lipinski definition) is 0. The van der Waals surface area contributed by atoms with E-state index in [9.17, 15) is 8.78 Å². The van der Waals surface area contributed by atoms with Crippen molar-refractivity contribution in [1.82, 2.24) is 9.97 Å². The van der Waals surface area contributed by atoms with Gasteiger partial charge in [-0.2, -0.15) is 26.3 Å². The second kappa shape index (κ2) is 6.78. The minimum atomic E-state index is -5.64. The van der Waals surface area contributed by atoms with Gasteiger partial charge in [0.1, 0.15) is 10.1 Å². The molecule has 0 bridgehead atoms. The Balaban J connectivity index is 1.68. The highest BCUT2D eigenvalue weighted by Gasteiger charge is 2.85. The summed E-state index contributed by atoms with van der Waals surface area (Å²) in [6.45, 7) is 3.13. The Morgan fingerprint density at radius 2 is 0.943 bits per heavy atom. The molecule has 1 fully saturated rings. The maximum absolute atomic E-state index is 15.2. The molecule has 0 N–H and O–H groups in total. The zero-order valence-electron chi connectivity index (χ0n) is 18.0. The normalized spacial score (nSPS) is 31.7. The Morgan fingerprint density at radius 1 is 0.600 bits per heavy atom. The molecule has 4 aliphatic rings. The summed E-state index contributed by atoms with van der Waals surface area (Å²) in [5, 5.41) is 0.512. The molecule has 2 aromatic heterocycles. The monoisotopic (exact) mass is 524 g/mol. The quantitative estimate of drug-likeness (QED) is 0.444. The Labute approximate surface area is 203 Å². The molecule has 12 heteroatoms. The maximum atomic E-state index is 15.2. The van der Waals surface area contributed by atoms with Crippen LogP contribution < -0.4 is 0 Å². The van der Waals surface area contributed by atoms with Crippen LogP contribution in [-0.4, -0.2) is 47.3 Å². The summed E-state index contributed by atoms with van der Waals surface area (Å²) in [5.74, 6) is -15.9. The first kappa shape index (κ1) is 22.8. The van der Waals surface area contributed by atoms with E-state index in [1.807, 2.05) is 0 Å². The van der Waals surface area contributed by atoms with E-state index in [-0.39, 0.29) is 10.1 Å². The molecule has 2 atom stereocenters. The number of nitrogens with zero attached hydrogens (tertiary/aromatic N) is 4. The third kappa shape index (κ3) is 2.59. The van der Waals surface area contributed by atoms with Gasteiger partial charge in [0.15, 0.2) is 0 Å². The molecule has 1 saturated carbocycles. The summed E-state index contributed by atoms with van der Waals surface area (Å²) in [7, 11) is 0. The fraction of sp³-hybridized carbons (Fsp3) is 0.304. The first-order chi connectivity index (χ1) is 16.4. The van der Waals surface area contributed by atoms with Crippen molar-refractivity contribution in [3.63, 3.8) is 0 Å². The van der Waals surface area contributed by atoms with Gasteiger partial charge in [0, 0.05) is 35.9 Å². The average molecular weight is 525 g/mol. The number of thioether (sulfide) groups is 2. The molecule has 35 heavy (non-hydrogen) atoms. The van der Waals surface area contributed by atoms with Crippen LogP contribution in [-0.2, 0) is 0 Å². The predicted octanol–water partition coefficient (Wildman–Crippen LogP) is 6.12. The van der Waals surface area contributed by atoms with Crippen molar-refractivity contribution in [2.24, 2.45) is 9.98 Å². The summed E-state index contributed by atoms with van der Waals surface area (Å²) >= 11 is 2.15. The second-order valence-electron chi connectivity index (χ2n) is 8.75. The van der Waals surface area contributed by atoms with Gasteiger partial charge in [-0.05, 0) is 38.1 Å². The van der Waals surface area contributed by atoms with Gasteiger partial charge in [0.05, 0.1) is 32.0 Å². The lowest BCUT2D eigenvalue weighted by atomic mass is 9.77. The Morgan fingerprint density at radius 3 is 1.29 bits per heavy atom. The van der Waals surface area contributed by atoms with Crippen LogP contribution in [0, 0.1) is 0 Å². The zero-order chi connectivity index (χ0) is 25.0. The Kier molecular flexibility index (Phi) is 4.43. The van der Waals surface area contributed by atoms with E-state index in [4.69, 9.17) is 0 Å². The standard InChI is InChI=1S/C23H14F6N4S2/c1-19-15(32-17(34-19)11-3-7-30-8-4-11)13-14(22(26,27)23(28,29)21(13,24)25)16-20(19,2)35-18(33-16)12-5-9-31-10-6-12/h3-10H,1-2H3. The molecule has 0 saturated heterocycles. The lowest BCUT2D eigenvalue weighted by Crippen LogP contribution is -2.49. The number of pyridine rings is 2. The molecule has 4 nitrogen and oxygen atoms in total. The molecule has 0 aromatic carbocycles. The molecule has 4 heterocycles. The van der Waals surface area contributed by atoms with Gasteiger partial charge >= 0.3 is 17.8 Å². The van der Waals surface area contributed by atoms with Gasteiger partial charge in [0.2, 0.25) is 0 Å². The number of aliphatic imine (C=N–C) groups is 2. The van der Waals surface area contributed by atoms with Crippen molar-refractivity contribution < 1.29 is 26.3 Å². The summed E-state index contributed by atoms with van der Waals surface area (Å²) in [5.41, 5.74) is -2.79. The van der Waals surface area contributed by atoms with E-state index in [0.717, 1.165) is 23.5 Å². The molecule has 2 unspecified atom stereocenters. The third-order valence-electron chi connectivity index (χ3n) is 6.84. The Bertz CT molecular complexity index is 1300. The van der Waals surface area contributed by atoms with Crippen molar-refractivity contribution in [1.29, 1.82) is 0 Å². The third-order valence-corrected chi connectivity index (χ3v) is 10.0. The maximum Gasteiger partial charge on any atom is 0.380 e. The molecule has 2 aliphatic carbocycles. The number of fused-ring (bicyclic) bond motifs is 4. The molecular formula is C23H14F6N4S2. The number of aromatic nitrogens is 2. The minimum Gasteiger partial charge on any atom is -0.265 e. The lowest BCUT2D eigenvalue weighted by molar-refractivity contribution is -0.258. The molecular weight excluding hydrogens is 510 g/mol. The summed E-state index contributed by atoms with van der Waals surface area (Å²) in [6.07, 6.45) is 5.88. The zero-order valence-corrected chi connectivity index (χ0v) is 19.6. The SMILES string of the molecule is CC12SC(c3ccncc3)=NC1=C1C(=C3N=C(c4ccncc4)SC32C)C(F)(F)C(F)(F)C1(F)F. The number of alkyl halides is 6. The highest BCUT2D eigenvalue weighted by atomic mass is 32.2.